The second-order valence-electron chi connectivity index (χ2n) is 8.83. The maximum atomic E-state index is 14.2. The SMILES string of the molecule is COc1cc(C(=O)NC2CCC(N3CCN(CC4CC4)CC3)CC2)c(F)cc1N. The number of hydrogen-bond acceptors (Lipinski definition) is 5. The molecule has 29 heavy (non-hydrogen) atoms. The van der Waals surface area contributed by atoms with Gasteiger partial charge in [0.25, 0.3) is 5.91 Å². The maximum Gasteiger partial charge on any atom is 0.254 e. The number of halogens is 1. The zero-order chi connectivity index (χ0) is 20.4. The number of piperazine rings is 1. The largest absolute Gasteiger partial charge is 0.495 e. The molecule has 3 aliphatic rings. The molecule has 7 heteroatoms. The standard InChI is InChI=1S/C22H33FN4O2/c1-29-21-12-18(19(23)13-20(21)24)22(28)25-16-4-6-17(7-5-16)27-10-8-26(9-11-27)14-15-2-3-15/h12-13,15-17H,2-11,14,24H2,1H3,(H,25,28). The van der Waals surface area contributed by atoms with Gasteiger partial charge in [-0.05, 0) is 50.5 Å². The Hall–Kier alpha value is -1.86. The number of methoxy groups -OCH3 is 1. The molecular formula is C22H33FN4O2. The van der Waals surface area contributed by atoms with Gasteiger partial charge < -0.3 is 20.7 Å². The Balaban J connectivity index is 1.24. The Labute approximate surface area is 172 Å². The highest BCUT2D eigenvalue weighted by Gasteiger charge is 2.31. The molecule has 1 saturated heterocycles. The van der Waals surface area contributed by atoms with E-state index in [1.165, 1.54) is 45.7 Å². The molecule has 3 N–H and O–H groups in total. The van der Waals surface area contributed by atoms with E-state index in [4.69, 9.17) is 10.5 Å². The molecule has 1 aliphatic heterocycles. The summed E-state index contributed by atoms with van der Waals surface area (Å²) in [6.45, 7) is 5.98. The summed E-state index contributed by atoms with van der Waals surface area (Å²) in [5, 5.41) is 3.00. The number of rotatable bonds is 6. The lowest BCUT2D eigenvalue weighted by Crippen LogP contribution is -2.52. The third kappa shape index (κ3) is 5.01. The van der Waals surface area contributed by atoms with Crippen molar-refractivity contribution in [2.45, 2.75) is 50.6 Å². The Bertz CT molecular complexity index is 724. The summed E-state index contributed by atoms with van der Waals surface area (Å²) < 4.78 is 19.3. The fourth-order valence-electron chi connectivity index (χ4n) is 4.74. The molecule has 2 saturated carbocycles. The van der Waals surface area contributed by atoms with Crippen LogP contribution in [0.2, 0.25) is 0 Å². The molecular weight excluding hydrogens is 371 g/mol. The van der Waals surface area contributed by atoms with Crippen LogP contribution >= 0.6 is 0 Å². The minimum atomic E-state index is -0.612. The first-order valence-electron chi connectivity index (χ1n) is 10.9. The Morgan fingerprint density at radius 2 is 1.83 bits per heavy atom. The average molecular weight is 405 g/mol. The van der Waals surface area contributed by atoms with E-state index in [-0.39, 0.29) is 17.3 Å². The van der Waals surface area contributed by atoms with Crippen LogP contribution in [0.5, 0.6) is 5.75 Å². The van der Waals surface area contributed by atoms with Crippen molar-refractivity contribution in [1.82, 2.24) is 15.1 Å². The molecule has 6 nitrogen and oxygen atoms in total. The van der Waals surface area contributed by atoms with Crippen molar-refractivity contribution in [3.8, 4) is 5.75 Å². The van der Waals surface area contributed by atoms with Crippen LogP contribution in [-0.2, 0) is 0 Å². The molecule has 1 heterocycles. The molecule has 4 rings (SSSR count). The van der Waals surface area contributed by atoms with Crippen molar-refractivity contribution in [1.29, 1.82) is 0 Å². The molecule has 1 aromatic carbocycles. The van der Waals surface area contributed by atoms with Crippen LogP contribution in [0.1, 0.15) is 48.9 Å². The van der Waals surface area contributed by atoms with Crippen LogP contribution in [0.4, 0.5) is 10.1 Å². The van der Waals surface area contributed by atoms with Crippen molar-refractivity contribution >= 4 is 11.6 Å². The van der Waals surface area contributed by atoms with E-state index in [0.29, 0.717) is 11.8 Å². The predicted octanol–water partition coefficient (Wildman–Crippen LogP) is 2.49. The van der Waals surface area contributed by atoms with Crippen LogP contribution in [0.25, 0.3) is 0 Å². The van der Waals surface area contributed by atoms with E-state index < -0.39 is 11.7 Å². The van der Waals surface area contributed by atoms with Crippen LogP contribution < -0.4 is 15.8 Å². The average Bonchev–Trinajstić information content (AvgIpc) is 3.53. The first-order chi connectivity index (χ1) is 14.0. The summed E-state index contributed by atoms with van der Waals surface area (Å²) in [6.07, 6.45) is 6.88. The number of ether oxygens (including phenoxy) is 1. The van der Waals surface area contributed by atoms with Gasteiger partial charge in [0, 0.05) is 50.9 Å². The Morgan fingerprint density at radius 1 is 1.14 bits per heavy atom. The molecule has 1 aromatic rings. The lowest BCUT2D eigenvalue weighted by Gasteiger charge is -2.42. The lowest BCUT2D eigenvalue weighted by molar-refractivity contribution is 0.0693. The van der Waals surface area contributed by atoms with Gasteiger partial charge in [0.05, 0.1) is 18.4 Å². The summed E-state index contributed by atoms with van der Waals surface area (Å²) in [4.78, 5) is 17.8. The number of carbonyl (C=O) groups excluding carboxylic acids is 1. The van der Waals surface area contributed by atoms with E-state index in [2.05, 4.69) is 15.1 Å². The number of nitrogens with one attached hydrogen (secondary N) is 1. The highest BCUT2D eigenvalue weighted by atomic mass is 19.1. The monoisotopic (exact) mass is 404 g/mol. The fourth-order valence-corrected chi connectivity index (χ4v) is 4.74. The first kappa shape index (κ1) is 20.4. The van der Waals surface area contributed by atoms with E-state index >= 15 is 0 Å². The third-order valence-electron chi connectivity index (χ3n) is 6.73. The van der Waals surface area contributed by atoms with Gasteiger partial charge in [-0.3, -0.25) is 9.69 Å². The van der Waals surface area contributed by atoms with Gasteiger partial charge in [-0.2, -0.15) is 0 Å². The molecule has 3 fully saturated rings. The molecule has 0 bridgehead atoms. The fraction of sp³-hybridized carbons (Fsp3) is 0.682. The third-order valence-corrected chi connectivity index (χ3v) is 6.73. The van der Waals surface area contributed by atoms with Gasteiger partial charge in [-0.25, -0.2) is 4.39 Å². The van der Waals surface area contributed by atoms with Gasteiger partial charge in [0.15, 0.2) is 0 Å². The summed E-state index contributed by atoms with van der Waals surface area (Å²) >= 11 is 0. The van der Waals surface area contributed by atoms with Crippen molar-refractivity contribution < 1.29 is 13.9 Å². The lowest BCUT2D eigenvalue weighted by atomic mass is 9.89. The van der Waals surface area contributed by atoms with Gasteiger partial charge in [0.1, 0.15) is 11.6 Å². The highest BCUT2D eigenvalue weighted by Crippen LogP contribution is 2.31. The normalized spacial score (nSPS) is 26.3. The van der Waals surface area contributed by atoms with Crippen molar-refractivity contribution in [3.05, 3.63) is 23.5 Å². The molecule has 0 radical (unpaired) electrons. The highest BCUT2D eigenvalue weighted by molar-refractivity contribution is 5.95. The van der Waals surface area contributed by atoms with Gasteiger partial charge in [-0.15, -0.1) is 0 Å². The van der Waals surface area contributed by atoms with Gasteiger partial charge in [-0.1, -0.05) is 0 Å². The smallest absolute Gasteiger partial charge is 0.254 e. The van der Waals surface area contributed by atoms with E-state index in [0.717, 1.165) is 50.8 Å². The summed E-state index contributed by atoms with van der Waals surface area (Å²) in [7, 11) is 1.46. The number of hydrogen-bond donors (Lipinski definition) is 2. The quantitative estimate of drug-likeness (QED) is 0.713. The number of nitrogens with two attached hydrogens (primary N) is 1. The number of amides is 1. The molecule has 1 amide bonds. The van der Waals surface area contributed by atoms with E-state index in [1.54, 1.807) is 0 Å². The second-order valence-corrected chi connectivity index (χ2v) is 8.83. The van der Waals surface area contributed by atoms with Crippen LogP contribution in [0, 0.1) is 11.7 Å². The van der Waals surface area contributed by atoms with Gasteiger partial charge in [0.2, 0.25) is 0 Å². The summed E-state index contributed by atoms with van der Waals surface area (Å²) in [5.41, 5.74) is 5.89. The zero-order valence-corrected chi connectivity index (χ0v) is 17.3. The molecule has 0 spiro atoms. The van der Waals surface area contributed by atoms with Crippen molar-refractivity contribution in [3.63, 3.8) is 0 Å². The first-order valence-corrected chi connectivity index (χ1v) is 10.9. The number of benzene rings is 1. The van der Waals surface area contributed by atoms with Crippen LogP contribution in [-0.4, -0.2) is 67.6 Å². The van der Waals surface area contributed by atoms with Crippen LogP contribution in [0.15, 0.2) is 12.1 Å². The number of carbonyl (C=O) groups is 1. The van der Waals surface area contributed by atoms with Crippen LogP contribution in [0.3, 0.4) is 0 Å². The summed E-state index contributed by atoms with van der Waals surface area (Å²) in [6, 6.07) is 3.23. The zero-order valence-electron chi connectivity index (χ0n) is 17.3. The topological polar surface area (TPSA) is 70.8 Å². The maximum absolute atomic E-state index is 14.2. The summed E-state index contributed by atoms with van der Waals surface area (Å²) in [5.74, 6) is 0.282. The predicted molar refractivity (Wildman–Crippen MR) is 112 cm³/mol. The van der Waals surface area contributed by atoms with Crippen molar-refractivity contribution in [2.75, 3.05) is 45.6 Å². The Morgan fingerprint density at radius 3 is 2.45 bits per heavy atom. The van der Waals surface area contributed by atoms with E-state index in [1.807, 2.05) is 0 Å². The molecule has 2 aliphatic carbocycles. The molecule has 160 valence electrons. The molecule has 0 atom stereocenters. The molecule has 0 unspecified atom stereocenters. The number of nitrogen functional groups attached to an aromatic ring is 1. The molecule has 0 aromatic heterocycles. The Kier molecular flexibility index (Phi) is 6.25. The second kappa shape index (κ2) is 8.88. The van der Waals surface area contributed by atoms with E-state index in [9.17, 15) is 9.18 Å². The van der Waals surface area contributed by atoms with Crippen molar-refractivity contribution in [2.24, 2.45) is 5.92 Å². The minimum absolute atomic E-state index is 0.00930. The number of nitrogens with zero attached hydrogens (tertiary/aromatic N) is 2. The van der Waals surface area contributed by atoms with Gasteiger partial charge >= 0.3 is 0 Å². The minimum Gasteiger partial charge on any atom is -0.495 e. The number of anilines is 1.